The zero-order chi connectivity index (χ0) is 14.6. The van der Waals surface area contributed by atoms with Gasteiger partial charge in [0.15, 0.2) is 0 Å². The molecule has 0 bridgehead atoms. The molecule has 0 saturated carbocycles. The Bertz CT molecular complexity index is 669. The molecule has 0 aliphatic rings. The SMILES string of the molecule is COc1ccc(CN)cc1S(=O)(=O)NCc1ncn[nH]1. The smallest absolute Gasteiger partial charge is 0.244 e. The number of nitrogens with zero attached hydrogens (tertiary/aromatic N) is 2. The largest absolute Gasteiger partial charge is 0.495 e. The van der Waals surface area contributed by atoms with Crippen molar-refractivity contribution in [2.24, 2.45) is 5.73 Å². The number of sulfonamides is 1. The van der Waals surface area contributed by atoms with Crippen molar-refractivity contribution in [2.75, 3.05) is 7.11 Å². The Hall–Kier alpha value is -1.97. The summed E-state index contributed by atoms with van der Waals surface area (Å²) in [6.07, 6.45) is 1.30. The van der Waals surface area contributed by atoms with Gasteiger partial charge in [0, 0.05) is 6.54 Å². The van der Waals surface area contributed by atoms with Gasteiger partial charge in [0.1, 0.15) is 22.8 Å². The molecule has 4 N–H and O–H groups in total. The predicted molar refractivity (Wildman–Crippen MR) is 71.3 cm³/mol. The van der Waals surface area contributed by atoms with Crippen LogP contribution in [0.15, 0.2) is 29.4 Å². The Morgan fingerprint density at radius 3 is 2.85 bits per heavy atom. The number of ether oxygens (including phenoxy) is 1. The summed E-state index contributed by atoms with van der Waals surface area (Å²) in [7, 11) is -2.32. The van der Waals surface area contributed by atoms with Crippen LogP contribution in [0.3, 0.4) is 0 Å². The minimum absolute atomic E-state index is 0.0122. The van der Waals surface area contributed by atoms with E-state index >= 15 is 0 Å². The fourth-order valence-electron chi connectivity index (χ4n) is 1.62. The van der Waals surface area contributed by atoms with E-state index in [9.17, 15) is 8.42 Å². The molecular formula is C11H15N5O3S. The van der Waals surface area contributed by atoms with Crippen LogP contribution in [0.4, 0.5) is 0 Å². The molecule has 1 aromatic carbocycles. The standard InChI is InChI=1S/C11H15N5O3S/c1-19-9-3-2-8(5-12)4-10(9)20(17,18)15-6-11-13-7-14-16-11/h2-4,7,15H,5-6,12H2,1H3,(H,13,14,16). The number of nitrogens with two attached hydrogens (primary N) is 1. The van der Waals surface area contributed by atoms with E-state index in [1.807, 2.05) is 0 Å². The molecule has 1 heterocycles. The van der Waals surface area contributed by atoms with Gasteiger partial charge in [0.05, 0.1) is 13.7 Å². The Labute approximate surface area is 116 Å². The van der Waals surface area contributed by atoms with Crippen molar-refractivity contribution in [3.05, 3.63) is 35.9 Å². The summed E-state index contributed by atoms with van der Waals surface area (Å²) in [5, 5.41) is 6.22. The molecule has 0 aliphatic carbocycles. The highest BCUT2D eigenvalue weighted by molar-refractivity contribution is 7.89. The molecule has 2 rings (SSSR count). The lowest BCUT2D eigenvalue weighted by Gasteiger charge is -2.11. The van der Waals surface area contributed by atoms with E-state index in [1.54, 1.807) is 12.1 Å². The second-order valence-electron chi connectivity index (χ2n) is 3.95. The quantitative estimate of drug-likeness (QED) is 0.675. The van der Waals surface area contributed by atoms with Crippen LogP contribution in [0.25, 0.3) is 0 Å². The third-order valence-corrected chi connectivity index (χ3v) is 4.07. The minimum Gasteiger partial charge on any atom is -0.495 e. The third-order valence-electron chi connectivity index (χ3n) is 2.65. The van der Waals surface area contributed by atoms with Gasteiger partial charge in [-0.2, -0.15) is 5.10 Å². The Kier molecular flexibility index (Phi) is 4.32. The molecule has 20 heavy (non-hydrogen) atoms. The number of H-pyrrole nitrogens is 1. The van der Waals surface area contributed by atoms with Crippen molar-refractivity contribution in [3.8, 4) is 5.75 Å². The number of aromatic nitrogens is 3. The van der Waals surface area contributed by atoms with E-state index in [-0.39, 0.29) is 23.7 Å². The molecule has 0 saturated heterocycles. The molecule has 2 aromatic rings. The molecule has 9 heteroatoms. The molecule has 0 unspecified atom stereocenters. The van der Waals surface area contributed by atoms with Crippen LogP contribution >= 0.6 is 0 Å². The lowest BCUT2D eigenvalue weighted by molar-refractivity contribution is 0.402. The van der Waals surface area contributed by atoms with Crippen LogP contribution in [-0.4, -0.2) is 30.7 Å². The molecule has 8 nitrogen and oxygen atoms in total. The van der Waals surface area contributed by atoms with Crippen molar-refractivity contribution in [3.63, 3.8) is 0 Å². The van der Waals surface area contributed by atoms with E-state index in [0.717, 1.165) is 0 Å². The topological polar surface area (TPSA) is 123 Å². The summed E-state index contributed by atoms with van der Waals surface area (Å²) >= 11 is 0. The molecule has 0 fully saturated rings. The van der Waals surface area contributed by atoms with Gasteiger partial charge in [-0.1, -0.05) is 6.07 Å². The number of aromatic amines is 1. The summed E-state index contributed by atoms with van der Waals surface area (Å²) in [4.78, 5) is 3.89. The van der Waals surface area contributed by atoms with Crippen molar-refractivity contribution in [1.29, 1.82) is 0 Å². The van der Waals surface area contributed by atoms with Crippen molar-refractivity contribution in [1.82, 2.24) is 19.9 Å². The van der Waals surface area contributed by atoms with Gasteiger partial charge in [-0.05, 0) is 17.7 Å². The summed E-state index contributed by atoms with van der Waals surface area (Å²) in [5.41, 5.74) is 6.23. The average molecular weight is 297 g/mol. The van der Waals surface area contributed by atoms with Gasteiger partial charge < -0.3 is 10.5 Å². The summed E-state index contributed by atoms with van der Waals surface area (Å²) in [5.74, 6) is 0.676. The zero-order valence-electron chi connectivity index (χ0n) is 10.8. The molecule has 0 spiro atoms. The van der Waals surface area contributed by atoms with Crippen molar-refractivity contribution in [2.45, 2.75) is 18.0 Å². The molecule has 108 valence electrons. The average Bonchev–Trinajstić information content (AvgIpc) is 2.98. The van der Waals surface area contributed by atoms with Crippen molar-refractivity contribution < 1.29 is 13.2 Å². The number of methoxy groups -OCH3 is 1. The highest BCUT2D eigenvalue weighted by Gasteiger charge is 2.20. The predicted octanol–water partition coefficient (Wildman–Crippen LogP) is -0.249. The van der Waals surface area contributed by atoms with E-state index in [4.69, 9.17) is 10.5 Å². The second kappa shape index (κ2) is 5.99. The normalized spacial score (nSPS) is 11.5. The summed E-state index contributed by atoms with van der Waals surface area (Å²) in [6.45, 7) is 0.257. The number of hydrogen-bond donors (Lipinski definition) is 3. The van der Waals surface area contributed by atoms with Gasteiger partial charge in [-0.15, -0.1) is 0 Å². The first kappa shape index (κ1) is 14.4. The van der Waals surface area contributed by atoms with Crippen LogP contribution in [0.2, 0.25) is 0 Å². The van der Waals surface area contributed by atoms with Gasteiger partial charge >= 0.3 is 0 Å². The van der Waals surface area contributed by atoms with E-state index in [1.165, 1.54) is 19.5 Å². The Morgan fingerprint density at radius 1 is 1.45 bits per heavy atom. The van der Waals surface area contributed by atoms with E-state index < -0.39 is 10.0 Å². The minimum atomic E-state index is -3.73. The number of benzene rings is 1. The summed E-state index contributed by atoms with van der Waals surface area (Å²) < 4.78 is 32.1. The highest BCUT2D eigenvalue weighted by Crippen LogP contribution is 2.24. The van der Waals surface area contributed by atoms with Gasteiger partial charge in [0.2, 0.25) is 10.0 Å². The van der Waals surface area contributed by atoms with E-state index in [0.29, 0.717) is 11.4 Å². The number of nitrogens with one attached hydrogen (secondary N) is 2. The molecule has 0 aliphatic heterocycles. The maximum atomic E-state index is 12.3. The third kappa shape index (κ3) is 3.13. The number of hydrogen-bond acceptors (Lipinski definition) is 6. The molecule has 0 amide bonds. The maximum absolute atomic E-state index is 12.3. The fraction of sp³-hybridized carbons (Fsp3) is 0.273. The Balaban J connectivity index is 2.28. The first-order valence-corrected chi connectivity index (χ1v) is 7.26. The van der Waals surface area contributed by atoms with Crippen molar-refractivity contribution >= 4 is 10.0 Å². The lowest BCUT2D eigenvalue weighted by Crippen LogP contribution is -2.24. The first-order valence-electron chi connectivity index (χ1n) is 5.77. The van der Waals surface area contributed by atoms with Crippen LogP contribution in [0.1, 0.15) is 11.4 Å². The zero-order valence-corrected chi connectivity index (χ0v) is 11.6. The second-order valence-corrected chi connectivity index (χ2v) is 5.68. The number of rotatable bonds is 6. The monoisotopic (exact) mass is 297 g/mol. The van der Waals surface area contributed by atoms with Crippen LogP contribution in [0, 0.1) is 0 Å². The fourth-order valence-corrected chi connectivity index (χ4v) is 2.82. The molecule has 0 radical (unpaired) electrons. The Morgan fingerprint density at radius 2 is 2.25 bits per heavy atom. The van der Waals surface area contributed by atoms with E-state index in [2.05, 4.69) is 19.9 Å². The molecular weight excluding hydrogens is 282 g/mol. The summed E-state index contributed by atoms with van der Waals surface area (Å²) in [6, 6.07) is 4.78. The molecule has 0 atom stereocenters. The van der Waals surface area contributed by atoms with Gasteiger partial charge in [-0.25, -0.2) is 18.1 Å². The van der Waals surface area contributed by atoms with Crippen LogP contribution in [0.5, 0.6) is 5.75 Å². The van der Waals surface area contributed by atoms with Gasteiger partial charge in [-0.3, -0.25) is 5.10 Å². The van der Waals surface area contributed by atoms with Crippen LogP contribution < -0.4 is 15.2 Å². The maximum Gasteiger partial charge on any atom is 0.244 e. The lowest BCUT2D eigenvalue weighted by atomic mass is 10.2. The molecule has 1 aromatic heterocycles. The van der Waals surface area contributed by atoms with Gasteiger partial charge in [0.25, 0.3) is 0 Å². The van der Waals surface area contributed by atoms with Crippen LogP contribution in [-0.2, 0) is 23.1 Å². The highest BCUT2D eigenvalue weighted by atomic mass is 32.2. The first-order chi connectivity index (χ1) is 9.56.